The molecule has 0 aliphatic heterocycles. The van der Waals surface area contributed by atoms with Gasteiger partial charge in [0.25, 0.3) is 11.6 Å². The number of nitro benzene ring substituents is 1. The molecule has 1 amide bonds. The number of hydrogen-bond donors (Lipinski definition) is 1. The molecule has 0 bridgehead atoms. The minimum Gasteiger partial charge on any atom is -0.495 e. The van der Waals surface area contributed by atoms with E-state index in [4.69, 9.17) is 32.4 Å². The number of hydrogen-bond acceptors (Lipinski definition) is 6. The van der Waals surface area contributed by atoms with Gasteiger partial charge >= 0.3 is 0 Å². The lowest BCUT2D eigenvalue weighted by molar-refractivity contribution is -0.384. The summed E-state index contributed by atoms with van der Waals surface area (Å²) in [5.74, 6) is 0.391. The Labute approximate surface area is 185 Å². The van der Waals surface area contributed by atoms with E-state index in [-0.39, 0.29) is 16.3 Å². The zero-order valence-corrected chi connectivity index (χ0v) is 17.4. The molecule has 1 aromatic heterocycles. The number of oxazole rings is 1. The number of amides is 1. The smallest absolute Gasteiger partial charge is 0.270 e. The summed E-state index contributed by atoms with van der Waals surface area (Å²) in [5.41, 5.74) is 2.09. The molecule has 0 saturated carbocycles. The second-order valence-corrected chi connectivity index (χ2v) is 7.24. The van der Waals surface area contributed by atoms with Gasteiger partial charge in [0, 0.05) is 23.4 Å². The molecule has 0 fully saturated rings. The van der Waals surface area contributed by atoms with Gasteiger partial charge in [0.05, 0.1) is 27.6 Å². The molecule has 31 heavy (non-hydrogen) atoms. The maximum atomic E-state index is 12.5. The second-order valence-electron chi connectivity index (χ2n) is 6.43. The number of fused-ring (bicyclic) bond motifs is 1. The summed E-state index contributed by atoms with van der Waals surface area (Å²) in [5, 5.41) is 13.9. The fourth-order valence-corrected chi connectivity index (χ4v) is 3.45. The fraction of sp³-hybridized carbons (Fsp3) is 0.0476. The van der Waals surface area contributed by atoms with Gasteiger partial charge in [-0.15, -0.1) is 0 Å². The van der Waals surface area contributed by atoms with E-state index in [2.05, 4.69) is 10.3 Å². The Hall–Kier alpha value is -3.62. The number of nitrogens with zero attached hydrogens (tertiary/aromatic N) is 2. The summed E-state index contributed by atoms with van der Waals surface area (Å²) in [6, 6.07) is 13.8. The van der Waals surface area contributed by atoms with Crippen molar-refractivity contribution in [2.45, 2.75) is 0 Å². The molecule has 0 atom stereocenters. The summed E-state index contributed by atoms with van der Waals surface area (Å²) in [6.45, 7) is 0. The van der Waals surface area contributed by atoms with Crippen molar-refractivity contribution in [3.63, 3.8) is 0 Å². The number of benzene rings is 3. The van der Waals surface area contributed by atoms with Crippen LogP contribution >= 0.6 is 23.2 Å². The van der Waals surface area contributed by atoms with E-state index in [0.29, 0.717) is 39.0 Å². The Balaban J connectivity index is 1.59. The Bertz CT molecular complexity index is 1340. The van der Waals surface area contributed by atoms with Crippen molar-refractivity contribution in [1.29, 1.82) is 0 Å². The number of non-ortho nitro benzene ring substituents is 1. The quantitative estimate of drug-likeness (QED) is 0.292. The number of nitro groups is 1. The van der Waals surface area contributed by atoms with E-state index in [9.17, 15) is 14.9 Å². The maximum Gasteiger partial charge on any atom is 0.270 e. The third kappa shape index (κ3) is 4.16. The normalized spacial score (nSPS) is 10.8. The SMILES string of the molecule is COc1ccc(-c2nc3cc(NC(=O)c4ccc([N+](=O)[O-])cc4Cl)ccc3o2)cc1Cl. The molecular formula is C21H13Cl2N3O5. The van der Waals surface area contributed by atoms with Crippen LogP contribution in [-0.2, 0) is 0 Å². The molecule has 0 aliphatic carbocycles. The largest absolute Gasteiger partial charge is 0.495 e. The number of anilines is 1. The highest BCUT2D eigenvalue weighted by Gasteiger charge is 2.16. The number of carbonyl (C=O) groups excluding carboxylic acids is 1. The standard InChI is InChI=1S/C21H13Cl2N3O5/c1-30-18-6-2-11(8-16(18)23)21-25-17-9-12(3-7-19(17)31-21)24-20(27)14-5-4-13(26(28)29)10-15(14)22/h2-10H,1H3,(H,24,27). The van der Waals surface area contributed by atoms with Crippen LogP contribution in [0.25, 0.3) is 22.6 Å². The molecule has 4 aromatic rings. The minimum atomic E-state index is -0.584. The first-order valence-electron chi connectivity index (χ1n) is 8.85. The van der Waals surface area contributed by atoms with E-state index in [1.54, 1.807) is 36.4 Å². The first kappa shape index (κ1) is 20.6. The highest BCUT2D eigenvalue weighted by Crippen LogP contribution is 2.32. The number of halogens is 2. The minimum absolute atomic E-state index is 0.0205. The number of nitrogens with one attached hydrogen (secondary N) is 1. The number of ether oxygens (including phenoxy) is 1. The molecule has 4 rings (SSSR count). The number of carbonyl (C=O) groups is 1. The van der Waals surface area contributed by atoms with Crippen molar-refractivity contribution in [1.82, 2.24) is 4.98 Å². The summed E-state index contributed by atoms with van der Waals surface area (Å²) in [7, 11) is 1.53. The van der Waals surface area contributed by atoms with Gasteiger partial charge in [0.1, 0.15) is 11.3 Å². The van der Waals surface area contributed by atoms with Crippen LogP contribution in [0.5, 0.6) is 5.75 Å². The lowest BCUT2D eigenvalue weighted by Crippen LogP contribution is -2.12. The maximum absolute atomic E-state index is 12.5. The van der Waals surface area contributed by atoms with Gasteiger partial charge in [-0.25, -0.2) is 4.98 Å². The third-order valence-electron chi connectivity index (χ3n) is 4.45. The lowest BCUT2D eigenvalue weighted by atomic mass is 10.2. The lowest BCUT2D eigenvalue weighted by Gasteiger charge is -2.06. The molecular weight excluding hydrogens is 445 g/mol. The molecule has 156 valence electrons. The van der Waals surface area contributed by atoms with Crippen LogP contribution in [-0.4, -0.2) is 22.9 Å². The van der Waals surface area contributed by atoms with Gasteiger partial charge in [0.15, 0.2) is 5.58 Å². The summed E-state index contributed by atoms with van der Waals surface area (Å²) in [6.07, 6.45) is 0. The van der Waals surface area contributed by atoms with E-state index < -0.39 is 10.8 Å². The molecule has 0 saturated heterocycles. The number of methoxy groups -OCH3 is 1. The van der Waals surface area contributed by atoms with Crippen LogP contribution in [0.3, 0.4) is 0 Å². The van der Waals surface area contributed by atoms with Gasteiger partial charge in [-0.3, -0.25) is 14.9 Å². The number of aromatic nitrogens is 1. The summed E-state index contributed by atoms with van der Waals surface area (Å²) < 4.78 is 10.9. The van der Waals surface area contributed by atoms with E-state index in [0.717, 1.165) is 6.07 Å². The van der Waals surface area contributed by atoms with Crippen LogP contribution in [0, 0.1) is 10.1 Å². The van der Waals surface area contributed by atoms with Crippen molar-refractivity contribution in [3.8, 4) is 17.2 Å². The molecule has 0 aliphatic rings. The first-order valence-corrected chi connectivity index (χ1v) is 9.61. The van der Waals surface area contributed by atoms with Gasteiger partial charge in [-0.05, 0) is 42.5 Å². The topological polar surface area (TPSA) is 108 Å². The second kappa shape index (κ2) is 8.25. The van der Waals surface area contributed by atoms with Crippen LogP contribution in [0.15, 0.2) is 59.0 Å². The Morgan fingerprint density at radius 3 is 2.58 bits per heavy atom. The van der Waals surface area contributed by atoms with Crippen molar-refractivity contribution in [2.75, 3.05) is 12.4 Å². The predicted octanol–water partition coefficient (Wildman–Crippen LogP) is 5.97. The third-order valence-corrected chi connectivity index (χ3v) is 5.06. The van der Waals surface area contributed by atoms with Crippen molar-refractivity contribution >= 4 is 51.6 Å². The highest BCUT2D eigenvalue weighted by molar-refractivity contribution is 6.34. The van der Waals surface area contributed by atoms with Gasteiger partial charge in [-0.1, -0.05) is 23.2 Å². The summed E-state index contributed by atoms with van der Waals surface area (Å²) in [4.78, 5) is 27.2. The van der Waals surface area contributed by atoms with Crippen LogP contribution in [0.2, 0.25) is 10.0 Å². The Morgan fingerprint density at radius 1 is 1.10 bits per heavy atom. The number of rotatable bonds is 5. The van der Waals surface area contributed by atoms with Crippen molar-refractivity contribution in [2.24, 2.45) is 0 Å². The van der Waals surface area contributed by atoms with Crippen molar-refractivity contribution in [3.05, 3.63) is 80.3 Å². The van der Waals surface area contributed by atoms with Gasteiger partial charge in [0.2, 0.25) is 5.89 Å². The van der Waals surface area contributed by atoms with Gasteiger partial charge < -0.3 is 14.5 Å². The first-order chi connectivity index (χ1) is 14.9. The van der Waals surface area contributed by atoms with Crippen LogP contribution < -0.4 is 10.1 Å². The molecule has 0 unspecified atom stereocenters. The van der Waals surface area contributed by atoms with E-state index in [1.165, 1.54) is 19.2 Å². The molecule has 3 aromatic carbocycles. The monoisotopic (exact) mass is 457 g/mol. The average molecular weight is 458 g/mol. The fourth-order valence-electron chi connectivity index (χ4n) is 2.93. The zero-order chi connectivity index (χ0) is 22.1. The molecule has 1 heterocycles. The van der Waals surface area contributed by atoms with E-state index in [1.807, 2.05) is 0 Å². The zero-order valence-electron chi connectivity index (χ0n) is 15.9. The van der Waals surface area contributed by atoms with Crippen LogP contribution in [0.4, 0.5) is 11.4 Å². The molecule has 8 nitrogen and oxygen atoms in total. The Morgan fingerprint density at radius 2 is 1.90 bits per heavy atom. The average Bonchev–Trinajstić information content (AvgIpc) is 3.16. The van der Waals surface area contributed by atoms with Crippen molar-refractivity contribution < 1.29 is 18.9 Å². The molecule has 10 heteroatoms. The predicted molar refractivity (Wildman–Crippen MR) is 117 cm³/mol. The highest BCUT2D eigenvalue weighted by atomic mass is 35.5. The molecule has 0 spiro atoms. The van der Waals surface area contributed by atoms with Gasteiger partial charge in [-0.2, -0.15) is 0 Å². The van der Waals surface area contributed by atoms with E-state index >= 15 is 0 Å². The molecule has 0 radical (unpaired) electrons. The summed E-state index contributed by atoms with van der Waals surface area (Å²) >= 11 is 12.2. The Kier molecular flexibility index (Phi) is 5.50. The van der Waals surface area contributed by atoms with Crippen LogP contribution in [0.1, 0.15) is 10.4 Å². The molecule has 1 N–H and O–H groups in total.